The van der Waals surface area contributed by atoms with Crippen LogP contribution in [0.1, 0.15) is 19.4 Å². The van der Waals surface area contributed by atoms with E-state index in [9.17, 15) is 5.11 Å². The van der Waals surface area contributed by atoms with E-state index in [-0.39, 0.29) is 5.75 Å². The molecule has 0 saturated carbocycles. The third kappa shape index (κ3) is 3.93. The van der Waals surface area contributed by atoms with Gasteiger partial charge in [-0.05, 0) is 31.9 Å². The van der Waals surface area contributed by atoms with Crippen molar-refractivity contribution in [2.24, 2.45) is 0 Å². The molecule has 1 aromatic rings. The van der Waals surface area contributed by atoms with Gasteiger partial charge in [0, 0.05) is 13.2 Å². The molecule has 0 bridgehead atoms. The van der Waals surface area contributed by atoms with Crippen LogP contribution < -0.4 is 0 Å². The fourth-order valence-corrected chi connectivity index (χ4v) is 1.15. The Kier molecular flexibility index (Phi) is 5.41. The Labute approximate surface area is 96.0 Å². The fourth-order valence-electron chi connectivity index (χ4n) is 1.15. The molecule has 1 N–H and O–H groups in total. The standard InChI is InChI=1S/C13H16O3/c1-3-15-13(16-4-2)10-9-11-7-5-6-8-12(11)14/h5-8,13-14H,3-4H2,1-2H3. The SMILES string of the molecule is CCOC(C#Cc1ccccc1O)OCC. The number of rotatable bonds is 4. The maximum absolute atomic E-state index is 9.50. The third-order valence-electron chi connectivity index (χ3n) is 1.86. The summed E-state index contributed by atoms with van der Waals surface area (Å²) in [5.41, 5.74) is 0.576. The Balaban J connectivity index is 2.74. The van der Waals surface area contributed by atoms with Gasteiger partial charge in [0.15, 0.2) is 0 Å². The van der Waals surface area contributed by atoms with Crippen LogP contribution >= 0.6 is 0 Å². The second-order valence-corrected chi connectivity index (χ2v) is 3.03. The van der Waals surface area contributed by atoms with Crippen LogP contribution in [0.5, 0.6) is 5.75 Å². The zero-order chi connectivity index (χ0) is 11.8. The Morgan fingerprint density at radius 3 is 2.38 bits per heavy atom. The van der Waals surface area contributed by atoms with Gasteiger partial charge in [0.05, 0.1) is 5.56 Å². The highest BCUT2D eigenvalue weighted by Gasteiger charge is 2.02. The molecule has 0 aromatic heterocycles. The molecule has 0 saturated heterocycles. The van der Waals surface area contributed by atoms with Crippen LogP contribution in [-0.2, 0) is 9.47 Å². The first kappa shape index (κ1) is 12.6. The molecule has 3 nitrogen and oxygen atoms in total. The quantitative estimate of drug-likeness (QED) is 0.624. The Morgan fingerprint density at radius 1 is 1.19 bits per heavy atom. The monoisotopic (exact) mass is 220 g/mol. The van der Waals surface area contributed by atoms with Gasteiger partial charge < -0.3 is 14.6 Å². The van der Waals surface area contributed by atoms with E-state index >= 15 is 0 Å². The summed E-state index contributed by atoms with van der Waals surface area (Å²) >= 11 is 0. The van der Waals surface area contributed by atoms with Crippen molar-refractivity contribution in [3.8, 4) is 17.6 Å². The van der Waals surface area contributed by atoms with E-state index in [1.165, 1.54) is 0 Å². The molecule has 86 valence electrons. The van der Waals surface area contributed by atoms with Crippen LogP contribution in [0.4, 0.5) is 0 Å². The lowest BCUT2D eigenvalue weighted by Crippen LogP contribution is -2.14. The van der Waals surface area contributed by atoms with Crippen molar-refractivity contribution in [3.05, 3.63) is 29.8 Å². The molecule has 3 heteroatoms. The van der Waals surface area contributed by atoms with Crippen molar-refractivity contribution < 1.29 is 14.6 Å². The molecule has 0 amide bonds. The minimum atomic E-state index is -0.533. The maximum atomic E-state index is 9.50. The number of ether oxygens (including phenoxy) is 2. The number of hydrogen-bond donors (Lipinski definition) is 1. The highest BCUT2D eigenvalue weighted by atomic mass is 16.7. The predicted molar refractivity (Wildman–Crippen MR) is 62.0 cm³/mol. The predicted octanol–water partition coefficient (Wildman–Crippen LogP) is 2.14. The normalized spacial score (nSPS) is 9.94. The van der Waals surface area contributed by atoms with Gasteiger partial charge in [0.2, 0.25) is 6.29 Å². The second kappa shape index (κ2) is 6.89. The third-order valence-corrected chi connectivity index (χ3v) is 1.86. The van der Waals surface area contributed by atoms with E-state index in [2.05, 4.69) is 11.8 Å². The summed E-state index contributed by atoms with van der Waals surface area (Å²) in [7, 11) is 0. The molecule has 0 aliphatic carbocycles. The molecular formula is C13H16O3. The number of benzene rings is 1. The van der Waals surface area contributed by atoms with E-state index in [0.29, 0.717) is 18.8 Å². The van der Waals surface area contributed by atoms with Gasteiger partial charge in [0.1, 0.15) is 5.75 Å². The van der Waals surface area contributed by atoms with Crippen molar-refractivity contribution >= 4 is 0 Å². The number of phenols is 1. The lowest BCUT2D eigenvalue weighted by Gasteiger charge is -2.09. The molecule has 0 radical (unpaired) electrons. The van der Waals surface area contributed by atoms with Crippen molar-refractivity contribution in [1.82, 2.24) is 0 Å². The van der Waals surface area contributed by atoms with Crippen molar-refractivity contribution in [2.45, 2.75) is 20.1 Å². The van der Waals surface area contributed by atoms with Crippen molar-refractivity contribution in [2.75, 3.05) is 13.2 Å². The number of aromatic hydroxyl groups is 1. The molecule has 1 aromatic carbocycles. The molecule has 0 aliphatic rings. The lowest BCUT2D eigenvalue weighted by atomic mass is 10.2. The molecule has 0 spiro atoms. The first-order valence-electron chi connectivity index (χ1n) is 5.30. The van der Waals surface area contributed by atoms with Crippen LogP contribution in [0.2, 0.25) is 0 Å². The van der Waals surface area contributed by atoms with E-state index in [1.54, 1.807) is 18.2 Å². The van der Waals surface area contributed by atoms with Gasteiger partial charge in [-0.3, -0.25) is 0 Å². The minimum absolute atomic E-state index is 0.168. The van der Waals surface area contributed by atoms with Crippen molar-refractivity contribution in [1.29, 1.82) is 0 Å². The first-order valence-corrected chi connectivity index (χ1v) is 5.30. The first-order chi connectivity index (χ1) is 7.77. The van der Waals surface area contributed by atoms with Crippen molar-refractivity contribution in [3.63, 3.8) is 0 Å². The highest BCUT2D eigenvalue weighted by molar-refractivity contribution is 5.45. The van der Waals surface area contributed by atoms with Crippen LogP contribution in [0.3, 0.4) is 0 Å². The van der Waals surface area contributed by atoms with E-state index in [0.717, 1.165) is 0 Å². The zero-order valence-corrected chi connectivity index (χ0v) is 9.56. The van der Waals surface area contributed by atoms with E-state index < -0.39 is 6.29 Å². The Hall–Kier alpha value is -1.50. The minimum Gasteiger partial charge on any atom is -0.507 e. The van der Waals surface area contributed by atoms with E-state index in [1.807, 2.05) is 19.9 Å². The molecule has 16 heavy (non-hydrogen) atoms. The summed E-state index contributed by atoms with van der Waals surface area (Å²) < 4.78 is 10.5. The average molecular weight is 220 g/mol. The molecule has 0 fully saturated rings. The molecular weight excluding hydrogens is 204 g/mol. The fraction of sp³-hybridized carbons (Fsp3) is 0.385. The van der Waals surface area contributed by atoms with Gasteiger partial charge in [-0.2, -0.15) is 0 Å². The summed E-state index contributed by atoms with van der Waals surface area (Å²) in [4.78, 5) is 0. The summed E-state index contributed by atoms with van der Waals surface area (Å²) in [6.07, 6.45) is -0.533. The van der Waals surface area contributed by atoms with Crippen LogP contribution in [0.15, 0.2) is 24.3 Å². The highest BCUT2D eigenvalue weighted by Crippen LogP contribution is 2.13. The number of hydrogen-bond acceptors (Lipinski definition) is 3. The van der Waals surface area contributed by atoms with Gasteiger partial charge >= 0.3 is 0 Å². The molecule has 1 rings (SSSR count). The summed E-state index contributed by atoms with van der Waals surface area (Å²) in [6.45, 7) is 4.85. The Morgan fingerprint density at radius 2 is 1.81 bits per heavy atom. The van der Waals surface area contributed by atoms with Gasteiger partial charge in [-0.25, -0.2) is 0 Å². The summed E-state index contributed by atoms with van der Waals surface area (Å²) in [6, 6.07) is 6.92. The zero-order valence-electron chi connectivity index (χ0n) is 9.56. The smallest absolute Gasteiger partial charge is 0.222 e. The van der Waals surface area contributed by atoms with Crippen LogP contribution in [-0.4, -0.2) is 24.6 Å². The van der Waals surface area contributed by atoms with Gasteiger partial charge in [-0.1, -0.05) is 18.1 Å². The Bertz CT molecular complexity index is 370. The summed E-state index contributed by atoms with van der Waals surface area (Å²) in [5.74, 6) is 5.83. The average Bonchev–Trinajstić information content (AvgIpc) is 2.28. The largest absolute Gasteiger partial charge is 0.507 e. The van der Waals surface area contributed by atoms with Gasteiger partial charge in [-0.15, -0.1) is 0 Å². The second-order valence-electron chi connectivity index (χ2n) is 3.03. The van der Waals surface area contributed by atoms with E-state index in [4.69, 9.17) is 9.47 Å². The van der Waals surface area contributed by atoms with Gasteiger partial charge in [0.25, 0.3) is 0 Å². The number of para-hydroxylation sites is 1. The maximum Gasteiger partial charge on any atom is 0.222 e. The summed E-state index contributed by atoms with van der Waals surface area (Å²) in [5, 5.41) is 9.50. The number of phenolic OH excluding ortho intramolecular Hbond substituents is 1. The molecule has 0 unspecified atom stereocenters. The lowest BCUT2D eigenvalue weighted by molar-refractivity contribution is -0.0969. The van der Waals surface area contributed by atoms with Crippen LogP contribution in [0, 0.1) is 11.8 Å². The van der Waals surface area contributed by atoms with Crippen LogP contribution in [0.25, 0.3) is 0 Å². The molecule has 0 aliphatic heterocycles. The molecule has 0 atom stereocenters. The molecule has 0 heterocycles. The topological polar surface area (TPSA) is 38.7 Å².